The Bertz CT molecular complexity index is 675. The Hall–Kier alpha value is -2.25. The summed E-state index contributed by atoms with van der Waals surface area (Å²) in [5, 5.41) is 10.6. The third-order valence-electron chi connectivity index (χ3n) is 2.67. The first-order chi connectivity index (χ1) is 8.47. The molecule has 0 unspecified atom stereocenters. The average molecular weight is 257 g/mol. The Morgan fingerprint density at radius 3 is 2.56 bits per heavy atom. The molecule has 0 fully saturated rings. The van der Waals surface area contributed by atoms with E-state index in [9.17, 15) is 23.7 Å². The number of non-ortho nitro benzene ring substituents is 1. The van der Waals surface area contributed by atoms with E-state index in [1.54, 1.807) is 6.92 Å². The molecule has 0 saturated heterocycles. The van der Waals surface area contributed by atoms with Crippen molar-refractivity contribution in [2.45, 2.75) is 20.0 Å². The smallest absolute Gasteiger partial charge is 0.292 e. The van der Waals surface area contributed by atoms with Crippen LogP contribution in [0.15, 0.2) is 23.0 Å². The van der Waals surface area contributed by atoms with Gasteiger partial charge in [0.15, 0.2) is 0 Å². The van der Waals surface area contributed by atoms with Gasteiger partial charge in [-0.05, 0) is 13.0 Å². The van der Waals surface area contributed by atoms with Gasteiger partial charge in [-0.1, -0.05) is 0 Å². The molecule has 1 aromatic carbocycles. The highest BCUT2D eigenvalue weighted by molar-refractivity contribution is 5.79. The van der Waals surface area contributed by atoms with Gasteiger partial charge in [0.25, 0.3) is 5.69 Å². The molecule has 6 nitrogen and oxygen atoms in total. The predicted molar refractivity (Wildman–Crippen MR) is 59.8 cm³/mol. The molecule has 0 N–H and O–H groups in total. The zero-order valence-corrected chi connectivity index (χ0v) is 9.34. The lowest BCUT2D eigenvalue weighted by molar-refractivity contribution is -0.384. The number of rotatable bonds is 3. The van der Waals surface area contributed by atoms with Crippen LogP contribution in [0, 0.1) is 10.1 Å². The van der Waals surface area contributed by atoms with Crippen molar-refractivity contribution in [3.8, 4) is 0 Å². The molecule has 0 amide bonds. The molecular weight excluding hydrogens is 248 g/mol. The van der Waals surface area contributed by atoms with E-state index < -0.39 is 17.2 Å². The Labute approximate surface area is 99.2 Å². The molecular formula is C10H9F2N3O3. The number of nitro groups is 1. The van der Waals surface area contributed by atoms with Crippen LogP contribution < -0.4 is 5.69 Å². The van der Waals surface area contributed by atoms with Crippen molar-refractivity contribution in [3.05, 3.63) is 38.8 Å². The van der Waals surface area contributed by atoms with Gasteiger partial charge in [-0.3, -0.25) is 14.7 Å². The molecule has 0 radical (unpaired) electrons. The van der Waals surface area contributed by atoms with Crippen molar-refractivity contribution < 1.29 is 13.7 Å². The minimum atomic E-state index is -3.03. The van der Waals surface area contributed by atoms with Crippen LogP contribution in [-0.2, 0) is 6.54 Å². The molecule has 0 bridgehead atoms. The van der Waals surface area contributed by atoms with Crippen molar-refractivity contribution in [1.82, 2.24) is 9.13 Å². The van der Waals surface area contributed by atoms with Gasteiger partial charge >= 0.3 is 12.2 Å². The first-order valence-electron chi connectivity index (χ1n) is 5.14. The first-order valence-corrected chi connectivity index (χ1v) is 5.14. The summed E-state index contributed by atoms with van der Waals surface area (Å²) in [4.78, 5) is 21.6. The van der Waals surface area contributed by atoms with Crippen LogP contribution in [0.4, 0.5) is 14.5 Å². The summed E-state index contributed by atoms with van der Waals surface area (Å²) in [5.74, 6) is 0. The molecule has 18 heavy (non-hydrogen) atoms. The van der Waals surface area contributed by atoms with Crippen molar-refractivity contribution in [3.63, 3.8) is 0 Å². The standard InChI is InChI=1S/C10H9F2N3O3/c1-2-13-7-4-3-6(15(17)18)5-8(7)14(9(11)12)10(13)16/h3-5,9H,2H2,1H3. The molecule has 1 aromatic heterocycles. The van der Waals surface area contributed by atoms with E-state index in [0.29, 0.717) is 0 Å². The summed E-state index contributed by atoms with van der Waals surface area (Å²) in [6.45, 7) is -1.18. The number of nitrogens with zero attached hydrogens (tertiary/aromatic N) is 3. The number of halogens is 2. The Balaban J connectivity index is 2.88. The normalized spacial score (nSPS) is 11.3. The number of nitro benzene ring substituents is 1. The maximum atomic E-state index is 12.8. The van der Waals surface area contributed by atoms with Crippen LogP contribution in [0.2, 0.25) is 0 Å². The maximum absolute atomic E-state index is 12.8. The van der Waals surface area contributed by atoms with E-state index in [-0.39, 0.29) is 27.8 Å². The number of imidazole rings is 1. The Morgan fingerprint density at radius 2 is 2.06 bits per heavy atom. The fourth-order valence-corrected chi connectivity index (χ4v) is 1.88. The van der Waals surface area contributed by atoms with Gasteiger partial charge in [0, 0.05) is 18.7 Å². The van der Waals surface area contributed by atoms with Gasteiger partial charge in [-0.15, -0.1) is 0 Å². The van der Waals surface area contributed by atoms with Crippen LogP contribution in [-0.4, -0.2) is 14.1 Å². The van der Waals surface area contributed by atoms with Gasteiger partial charge in [0.1, 0.15) is 0 Å². The van der Waals surface area contributed by atoms with Crippen LogP contribution in [0.25, 0.3) is 11.0 Å². The fraction of sp³-hybridized carbons (Fsp3) is 0.300. The zero-order chi connectivity index (χ0) is 13.4. The average Bonchev–Trinajstić information content (AvgIpc) is 2.59. The second-order valence-electron chi connectivity index (χ2n) is 3.60. The second kappa shape index (κ2) is 4.21. The van der Waals surface area contributed by atoms with Crippen LogP contribution in [0.1, 0.15) is 13.5 Å². The van der Waals surface area contributed by atoms with Gasteiger partial charge in [-0.2, -0.15) is 8.78 Å². The topological polar surface area (TPSA) is 70.1 Å². The largest absolute Gasteiger partial charge is 0.333 e. The lowest BCUT2D eigenvalue weighted by Gasteiger charge is -1.99. The number of hydrogen-bond acceptors (Lipinski definition) is 3. The summed E-state index contributed by atoms with van der Waals surface area (Å²) in [5.41, 5.74) is -1.08. The van der Waals surface area contributed by atoms with Gasteiger partial charge in [-0.25, -0.2) is 9.36 Å². The molecule has 0 saturated carbocycles. The van der Waals surface area contributed by atoms with Crippen molar-refractivity contribution in [2.24, 2.45) is 0 Å². The third kappa shape index (κ3) is 1.66. The number of hydrogen-bond donors (Lipinski definition) is 0. The highest BCUT2D eigenvalue weighted by atomic mass is 19.3. The highest BCUT2D eigenvalue weighted by Gasteiger charge is 2.20. The Kier molecular flexibility index (Phi) is 2.85. The SMILES string of the molecule is CCn1c(=O)n(C(F)F)c2cc([N+](=O)[O-])ccc21. The monoisotopic (exact) mass is 257 g/mol. The van der Waals surface area contributed by atoms with Gasteiger partial charge in [0.05, 0.1) is 16.0 Å². The molecule has 0 spiro atoms. The lowest BCUT2D eigenvalue weighted by Crippen LogP contribution is -2.24. The summed E-state index contributed by atoms with van der Waals surface area (Å²) >= 11 is 0. The Morgan fingerprint density at radius 1 is 1.39 bits per heavy atom. The molecule has 0 aliphatic rings. The minimum absolute atomic E-state index is 0.133. The summed E-state index contributed by atoms with van der Waals surface area (Å²) in [6, 6.07) is 3.47. The quantitative estimate of drug-likeness (QED) is 0.624. The lowest BCUT2D eigenvalue weighted by atomic mass is 10.3. The number of benzene rings is 1. The van der Waals surface area contributed by atoms with Crippen molar-refractivity contribution in [2.75, 3.05) is 0 Å². The zero-order valence-electron chi connectivity index (χ0n) is 9.34. The molecule has 2 rings (SSSR count). The third-order valence-corrected chi connectivity index (χ3v) is 2.67. The summed E-state index contributed by atoms with van der Waals surface area (Å²) in [6.07, 6.45) is 0. The van der Waals surface area contributed by atoms with E-state index in [4.69, 9.17) is 0 Å². The van der Waals surface area contributed by atoms with E-state index >= 15 is 0 Å². The number of aryl methyl sites for hydroxylation is 1. The second-order valence-corrected chi connectivity index (χ2v) is 3.60. The van der Waals surface area contributed by atoms with Gasteiger partial charge in [0.2, 0.25) is 0 Å². The molecule has 1 heterocycles. The molecule has 8 heteroatoms. The summed E-state index contributed by atoms with van der Waals surface area (Å²) < 4.78 is 27.0. The number of fused-ring (bicyclic) bond motifs is 1. The first kappa shape index (κ1) is 12.2. The number of aromatic nitrogens is 2. The predicted octanol–water partition coefficient (Wildman–Crippen LogP) is 2.13. The van der Waals surface area contributed by atoms with E-state index in [1.807, 2.05) is 0 Å². The highest BCUT2D eigenvalue weighted by Crippen LogP contribution is 2.23. The van der Waals surface area contributed by atoms with E-state index in [2.05, 4.69) is 0 Å². The minimum Gasteiger partial charge on any atom is -0.292 e. The maximum Gasteiger partial charge on any atom is 0.333 e. The van der Waals surface area contributed by atoms with Crippen LogP contribution in [0.5, 0.6) is 0 Å². The van der Waals surface area contributed by atoms with E-state index in [1.165, 1.54) is 12.1 Å². The van der Waals surface area contributed by atoms with E-state index in [0.717, 1.165) is 10.6 Å². The molecule has 2 aromatic rings. The van der Waals surface area contributed by atoms with Crippen molar-refractivity contribution in [1.29, 1.82) is 0 Å². The van der Waals surface area contributed by atoms with Crippen LogP contribution in [0.3, 0.4) is 0 Å². The molecule has 0 aliphatic heterocycles. The molecule has 0 atom stereocenters. The van der Waals surface area contributed by atoms with Crippen molar-refractivity contribution >= 4 is 16.7 Å². The molecule has 0 aliphatic carbocycles. The fourth-order valence-electron chi connectivity index (χ4n) is 1.88. The van der Waals surface area contributed by atoms with Gasteiger partial charge < -0.3 is 0 Å². The number of alkyl halides is 2. The summed E-state index contributed by atoms with van der Waals surface area (Å²) in [7, 11) is 0. The van der Waals surface area contributed by atoms with Crippen LogP contribution >= 0.6 is 0 Å². The molecule has 96 valence electrons.